The molecule has 16 heavy (non-hydrogen) atoms. The Bertz CT molecular complexity index is 282. The van der Waals surface area contributed by atoms with Crippen molar-refractivity contribution in [2.24, 2.45) is 7.05 Å². The van der Waals surface area contributed by atoms with Gasteiger partial charge in [-0.2, -0.15) is 0 Å². The SMILES string of the molecule is CCNCCCCN(C)Cc1nccn1C. The van der Waals surface area contributed by atoms with Gasteiger partial charge in [0.05, 0.1) is 6.54 Å². The van der Waals surface area contributed by atoms with Crippen LogP contribution < -0.4 is 5.32 Å². The first-order valence-corrected chi connectivity index (χ1v) is 6.09. The summed E-state index contributed by atoms with van der Waals surface area (Å²) in [5, 5.41) is 3.34. The number of nitrogens with zero attached hydrogens (tertiary/aromatic N) is 3. The van der Waals surface area contributed by atoms with Crippen LogP contribution in [0.5, 0.6) is 0 Å². The molecule has 0 aromatic carbocycles. The molecule has 92 valence electrons. The van der Waals surface area contributed by atoms with E-state index in [1.807, 2.05) is 19.4 Å². The molecule has 0 aliphatic heterocycles. The summed E-state index contributed by atoms with van der Waals surface area (Å²) >= 11 is 0. The molecule has 1 aromatic rings. The third-order valence-electron chi connectivity index (χ3n) is 2.73. The van der Waals surface area contributed by atoms with Crippen molar-refractivity contribution in [1.29, 1.82) is 0 Å². The second-order valence-electron chi connectivity index (χ2n) is 4.25. The molecule has 0 unspecified atom stereocenters. The van der Waals surface area contributed by atoms with Crippen LogP contribution in [-0.2, 0) is 13.6 Å². The Morgan fingerprint density at radius 2 is 2.25 bits per heavy atom. The van der Waals surface area contributed by atoms with E-state index < -0.39 is 0 Å². The lowest BCUT2D eigenvalue weighted by Crippen LogP contribution is -2.22. The smallest absolute Gasteiger partial charge is 0.122 e. The first-order valence-electron chi connectivity index (χ1n) is 6.09. The summed E-state index contributed by atoms with van der Waals surface area (Å²) in [6, 6.07) is 0. The van der Waals surface area contributed by atoms with Gasteiger partial charge in [-0.15, -0.1) is 0 Å². The highest BCUT2D eigenvalue weighted by Crippen LogP contribution is 2.00. The lowest BCUT2D eigenvalue weighted by atomic mass is 10.3. The summed E-state index contributed by atoms with van der Waals surface area (Å²) < 4.78 is 2.08. The van der Waals surface area contributed by atoms with E-state index in [4.69, 9.17) is 0 Å². The molecule has 1 rings (SSSR count). The highest BCUT2D eigenvalue weighted by atomic mass is 15.1. The molecule has 0 aliphatic carbocycles. The maximum absolute atomic E-state index is 4.32. The van der Waals surface area contributed by atoms with Gasteiger partial charge in [-0.05, 0) is 39.5 Å². The fourth-order valence-electron chi connectivity index (χ4n) is 1.68. The van der Waals surface area contributed by atoms with Gasteiger partial charge in [0.2, 0.25) is 0 Å². The van der Waals surface area contributed by atoms with Crippen LogP contribution in [0, 0.1) is 0 Å². The summed E-state index contributed by atoms with van der Waals surface area (Å²) in [7, 11) is 4.20. The van der Waals surface area contributed by atoms with Crippen molar-refractivity contribution < 1.29 is 0 Å². The molecule has 4 heteroatoms. The van der Waals surface area contributed by atoms with Gasteiger partial charge in [0.15, 0.2) is 0 Å². The van der Waals surface area contributed by atoms with Crippen LogP contribution in [0.15, 0.2) is 12.4 Å². The average molecular weight is 224 g/mol. The molecule has 0 bridgehead atoms. The third kappa shape index (κ3) is 4.77. The number of rotatable bonds is 8. The zero-order valence-corrected chi connectivity index (χ0v) is 10.7. The van der Waals surface area contributed by atoms with E-state index in [-0.39, 0.29) is 0 Å². The minimum absolute atomic E-state index is 0.935. The quantitative estimate of drug-likeness (QED) is 0.675. The van der Waals surface area contributed by atoms with Gasteiger partial charge in [-0.25, -0.2) is 4.98 Å². The molecule has 1 aromatic heterocycles. The van der Waals surface area contributed by atoms with Gasteiger partial charge in [0.1, 0.15) is 5.82 Å². The van der Waals surface area contributed by atoms with E-state index in [0.717, 1.165) is 32.0 Å². The van der Waals surface area contributed by atoms with Gasteiger partial charge >= 0.3 is 0 Å². The van der Waals surface area contributed by atoms with Crippen molar-refractivity contribution in [3.05, 3.63) is 18.2 Å². The fraction of sp³-hybridized carbons (Fsp3) is 0.750. The number of hydrogen-bond donors (Lipinski definition) is 1. The van der Waals surface area contributed by atoms with Gasteiger partial charge < -0.3 is 9.88 Å². The maximum Gasteiger partial charge on any atom is 0.122 e. The van der Waals surface area contributed by atoms with Gasteiger partial charge in [-0.1, -0.05) is 6.92 Å². The maximum atomic E-state index is 4.32. The lowest BCUT2D eigenvalue weighted by Gasteiger charge is -2.16. The second kappa shape index (κ2) is 7.41. The Kier molecular flexibility index (Phi) is 6.11. The van der Waals surface area contributed by atoms with Crippen LogP contribution in [0.2, 0.25) is 0 Å². The standard InChI is InChI=1S/C12H24N4/c1-4-13-7-5-6-9-15(2)11-12-14-8-10-16(12)3/h8,10,13H,4-7,9,11H2,1-3H3. The molecule has 0 amide bonds. The number of hydrogen-bond acceptors (Lipinski definition) is 3. The van der Waals surface area contributed by atoms with Crippen LogP contribution in [-0.4, -0.2) is 41.1 Å². The number of imidazole rings is 1. The zero-order valence-electron chi connectivity index (χ0n) is 10.7. The van der Waals surface area contributed by atoms with Crippen LogP contribution in [0.25, 0.3) is 0 Å². The van der Waals surface area contributed by atoms with Crippen molar-refractivity contribution in [1.82, 2.24) is 19.8 Å². The monoisotopic (exact) mass is 224 g/mol. The van der Waals surface area contributed by atoms with Crippen molar-refractivity contribution in [3.8, 4) is 0 Å². The van der Waals surface area contributed by atoms with E-state index >= 15 is 0 Å². The first kappa shape index (κ1) is 13.2. The summed E-state index contributed by atoms with van der Waals surface area (Å²) in [4.78, 5) is 6.65. The normalized spacial score (nSPS) is 11.2. The second-order valence-corrected chi connectivity index (χ2v) is 4.25. The number of aromatic nitrogens is 2. The molecule has 4 nitrogen and oxygen atoms in total. The van der Waals surface area contributed by atoms with Crippen molar-refractivity contribution >= 4 is 0 Å². The van der Waals surface area contributed by atoms with E-state index in [1.54, 1.807) is 0 Å². The predicted octanol–water partition coefficient (Wildman–Crippen LogP) is 1.24. The van der Waals surface area contributed by atoms with Crippen LogP contribution >= 0.6 is 0 Å². The molecule has 0 spiro atoms. The predicted molar refractivity (Wildman–Crippen MR) is 67.3 cm³/mol. The Hall–Kier alpha value is -0.870. The van der Waals surface area contributed by atoms with Gasteiger partial charge in [-0.3, -0.25) is 4.90 Å². The lowest BCUT2D eigenvalue weighted by molar-refractivity contribution is 0.307. The topological polar surface area (TPSA) is 33.1 Å². The van der Waals surface area contributed by atoms with E-state index in [1.165, 1.54) is 12.8 Å². The highest BCUT2D eigenvalue weighted by molar-refractivity contribution is 4.90. The molecule has 0 radical (unpaired) electrons. The minimum atomic E-state index is 0.935. The minimum Gasteiger partial charge on any atom is -0.337 e. The molecule has 0 saturated heterocycles. The third-order valence-corrected chi connectivity index (χ3v) is 2.73. The largest absolute Gasteiger partial charge is 0.337 e. The Balaban J connectivity index is 2.11. The first-order chi connectivity index (χ1) is 7.74. The molecule has 0 atom stereocenters. The van der Waals surface area contributed by atoms with Crippen molar-refractivity contribution in [2.75, 3.05) is 26.7 Å². The average Bonchev–Trinajstić information content (AvgIpc) is 2.64. The van der Waals surface area contributed by atoms with Gasteiger partial charge in [0, 0.05) is 19.4 Å². The van der Waals surface area contributed by atoms with Crippen LogP contribution in [0.4, 0.5) is 0 Å². The molecule has 0 saturated carbocycles. The molecular weight excluding hydrogens is 200 g/mol. The van der Waals surface area contributed by atoms with Crippen LogP contribution in [0.1, 0.15) is 25.6 Å². The molecular formula is C12H24N4. The fourth-order valence-corrected chi connectivity index (χ4v) is 1.68. The summed E-state index contributed by atoms with van der Waals surface area (Å²) in [6.45, 7) is 6.42. The van der Waals surface area contributed by atoms with Crippen LogP contribution in [0.3, 0.4) is 0 Å². The molecule has 1 heterocycles. The van der Waals surface area contributed by atoms with Crippen molar-refractivity contribution in [3.63, 3.8) is 0 Å². The van der Waals surface area contributed by atoms with Crippen molar-refractivity contribution in [2.45, 2.75) is 26.3 Å². The van der Waals surface area contributed by atoms with E-state index in [0.29, 0.717) is 0 Å². The Morgan fingerprint density at radius 3 is 2.88 bits per heavy atom. The highest BCUT2D eigenvalue weighted by Gasteiger charge is 2.03. The Labute approximate surface area is 98.7 Å². The number of aryl methyl sites for hydroxylation is 1. The molecule has 0 fully saturated rings. The summed E-state index contributed by atoms with van der Waals surface area (Å²) in [5.74, 6) is 1.13. The number of unbranched alkanes of at least 4 members (excludes halogenated alkanes) is 1. The van der Waals surface area contributed by atoms with Gasteiger partial charge in [0.25, 0.3) is 0 Å². The zero-order chi connectivity index (χ0) is 11.8. The van der Waals surface area contributed by atoms with E-state index in [2.05, 4.69) is 33.7 Å². The summed E-state index contributed by atoms with van der Waals surface area (Å²) in [5.41, 5.74) is 0. The molecule has 1 N–H and O–H groups in total. The molecule has 0 aliphatic rings. The Morgan fingerprint density at radius 1 is 1.44 bits per heavy atom. The van der Waals surface area contributed by atoms with E-state index in [9.17, 15) is 0 Å². The summed E-state index contributed by atoms with van der Waals surface area (Å²) in [6.07, 6.45) is 6.34. The number of nitrogens with one attached hydrogen (secondary N) is 1.